The van der Waals surface area contributed by atoms with Crippen LogP contribution in [0.4, 0.5) is 0 Å². The summed E-state index contributed by atoms with van der Waals surface area (Å²) in [6, 6.07) is 7.05. The topological polar surface area (TPSA) is 46.5 Å². The predicted octanol–water partition coefficient (Wildman–Crippen LogP) is 2.44. The molecule has 2 rings (SSSR count). The number of carbonyl (C=O) groups is 1. The van der Waals surface area contributed by atoms with Crippen molar-refractivity contribution in [2.75, 3.05) is 6.61 Å². The van der Waals surface area contributed by atoms with Gasteiger partial charge in [0.05, 0.1) is 12.5 Å². The number of ether oxygens (including phenoxy) is 1. The highest BCUT2D eigenvalue weighted by atomic mass is 35.5. The Hall–Kier alpha value is -1.22. The fourth-order valence-electron chi connectivity index (χ4n) is 1.47. The number of aliphatic carboxylic acids is 1. The Kier molecular flexibility index (Phi) is 2.82. The Morgan fingerprint density at radius 2 is 2.13 bits per heavy atom. The SMILES string of the molecule is O=C(O)C1CC1COc1ccc(Cl)cc1. The molecule has 3 nitrogen and oxygen atoms in total. The third-order valence-electron chi connectivity index (χ3n) is 2.52. The summed E-state index contributed by atoms with van der Waals surface area (Å²) in [6.07, 6.45) is 0.725. The fraction of sp³-hybridized carbons (Fsp3) is 0.364. The maximum absolute atomic E-state index is 10.6. The molecular weight excluding hydrogens is 216 g/mol. The normalized spacial score (nSPS) is 23.5. The molecule has 1 fully saturated rings. The van der Waals surface area contributed by atoms with Crippen LogP contribution in [0.5, 0.6) is 5.75 Å². The van der Waals surface area contributed by atoms with Crippen LogP contribution >= 0.6 is 11.6 Å². The van der Waals surface area contributed by atoms with Crippen LogP contribution in [-0.4, -0.2) is 17.7 Å². The molecule has 0 spiro atoms. The van der Waals surface area contributed by atoms with Gasteiger partial charge in [-0.05, 0) is 30.7 Å². The molecule has 0 bridgehead atoms. The van der Waals surface area contributed by atoms with Crippen molar-refractivity contribution in [2.45, 2.75) is 6.42 Å². The van der Waals surface area contributed by atoms with Crippen LogP contribution in [0.3, 0.4) is 0 Å². The minimum atomic E-state index is -0.722. The number of rotatable bonds is 4. The molecule has 0 aliphatic heterocycles. The van der Waals surface area contributed by atoms with Crippen molar-refractivity contribution in [1.29, 1.82) is 0 Å². The first-order chi connectivity index (χ1) is 7.16. The van der Waals surface area contributed by atoms with Crippen LogP contribution in [0.15, 0.2) is 24.3 Å². The second kappa shape index (κ2) is 4.11. The van der Waals surface area contributed by atoms with Gasteiger partial charge in [-0.15, -0.1) is 0 Å². The largest absolute Gasteiger partial charge is 0.493 e. The summed E-state index contributed by atoms with van der Waals surface area (Å²) in [5.74, 6) is -0.0365. The first kappa shape index (κ1) is 10.3. The molecule has 4 heteroatoms. The molecule has 0 amide bonds. The lowest BCUT2D eigenvalue weighted by atomic mass is 10.3. The number of carboxylic acid groups (broad SMARTS) is 1. The standard InChI is InChI=1S/C11H11ClO3/c12-8-1-3-9(4-2-8)15-6-7-5-10(7)11(13)14/h1-4,7,10H,5-6H2,(H,13,14). The molecule has 2 unspecified atom stereocenters. The summed E-state index contributed by atoms with van der Waals surface area (Å²) >= 11 is 5.72. The maximum Gasteiger partial charge on any atom is 0.306 e. The van der Waals surface area contributed by atoms with E-state index in [-0.39, 0.29) is 11.8 Å². The number of benzene rings is 1. The quantitative estimate of drug-likeness (QED) is 0.858. The molecule has 0 radical (unpaired) electrons. The average Bonchev–Trinajstić information content (AvgIpc) is 2.96. The second-order valence-electron chi connectivity index (χ2n) is 3.71. The maximum atomic E-state index is 10.6. The van der Waals surface area contributed by atoms with Gasteiger partial charge in [0.25, 0.3) is 0 Å². The van der Waals surface area contributed by atoms with Gasteiger partial charge in [-0.3, -0.25) is 4.79 Å². The van der Waals surface area contributed by atoms with Crippen molar-refractivity contribution < 1.29 is 14.6 Å². The molecule has 1 aliphatic rings. The van der Waals surface area contributed by atoms with Crippen molar-refractivity contribution in [3.8, 4) is 5.75 Å². The van der Waals surface area contributed by atoms with Gasteiger partial charge in [-0.2, -0.15) is 0 Å². The van der Waals surface area contributed by atoms with E-state index in [1.807, 2.05) is 0 Å². The Bertz CT molecular complexity index is 361. The van der Waals surface area contributed by atoms with Crippen molar-refractivity contribution in [3.63, 3.8) is 0 Å². The summed E-state index contributed by atoms with van der Waals surface area (Å²) in [7, 11) is 0. The Balaban J connectivity index is 1.80. The molecule has 1 aromatic carbocycles. The highest BCUT2D eigenvalue weighted by Crippen LogP contribution is 2.38. The Labute approximate surface area is 92.6 Å². The van der Waals surface area contributed by atoms with E-state index < -0.39 is 5.97 Å². The van der Waals surface area contributed by atoms with Gasteiger partial charge in [-0.1, -0.05) is 11.6 Å². The first-order valence-corrected chi connectivity index (χ1v) is 5.16. The molecule has 0 heterocycles. The van der Waals surface area contributed by atoms with Gasteiger partial charge in [0.2, 0.25) is 0 Å². The molecule has 0 saturated heterocycles. The van der Waals surface area contributed by atoms with E-state index in [1.165, 1.54) is 0 Å². The Morgan fingerprint density at radius 3 is 2.67 bits per heavy atom. The Morgan fingerprint density at radius 1 is 1.47 bits per heavy atom. The van der Waals surface area contributed by atoms with Crippen molar-refractivity contribution >= 4 is 17.6 Å². The molecule has 1 saturated carbocycles. The van der Waals surface area contributed by atoms with E-state index >= 15 is 0 Å². The van der Waals surface area contributed by atoms with E-state index in [4.69, 9.17) is 21.4 Å². The zero-order valence-electron chi connectivity index (χ0n) is 8.02. The lowest BCUT2D eigenvalue weighted by Crippen LogP contribution is -2.06. The zero-order chi connectivity index (χ0) is 10.8. The lowest BCUT2D eigenvalue weighted by molar-refractivity contribution is -0.138. The van der Waals surface area contributed by atoms with Gasteiger partial charge >= 0.3 is 5.97 Å². The molecule has 1 aliphatic carbocycles. The number of hydrogen-bond acceptors (Lipinski definition) is 2. The van der Waals surface area contributed by atoms with E-state index in [0.717, 1.165) is 12.2 Å². The summed E-state index contributed by atoms with van der Waals surface area (Å²) in [5, 5.41) is 9.35. The van der Waals surface area contributed by atoms with Crippen LogP contribution in [0, 0.1) is 11.8 Å². The first-order valence-electron chi connectivity index (χ1n) is 4.78. The molecular formula is C11H11ClO3. The molecule has 0 aromatic heterocycles. The van der Waals surface area contributed by atoms with Gasteiger partial charge < -0.3 is 9.84 Å². The average molecular weight is 227 g/mol. The summed E-state index contributed by atoms with van der Waals surface area (Å²) in [6.45, 7) is 0.471. The molecule has 15 heavy (non-hydrogen) atoms. The number of carboxylic acids is 1. The van der Waals surface area contributed by atoms with Crippen molar-refractivity contribution in [2.24, 2.45) is 11.8 Å². The molecule has 1 aromatic rings. The third-order valence-corrected chi connectivity index (χ3v) is 2.77. The monoisotopic (exact) mass is 226 g/mol. The van der Waals surface area contributed by atoms with E-state index in [1.54, 1.807) is 24.3 Å². The van der Waals surface area contributed by atoms with Crippen LogP contribution < -0.4 is 4.74 Å². The van der Waals surface area contributed by atoms with Gasteiger partial charge in [0, 0.05) is 10.9 Å². The number of halogens is 1. The van der Waals surface area contributed by atoms with Gasteiger partial charge in [0.15, 0.2) is 0 Å². The van der Waals surface area contributed by atoms with Crippen LogP contribution in [0.2, 0.25) is 5.02 Å². The minimum Gasteiger partial charge on any atom is -0.493 e. The fourth-order valence-corrected chi connectivity index (χ4v) is 1.59. The van der Waals surface area contributed by atoms with E-state index in [0.29, 0.717) is 11.6 Å². The summed E-state index contributed by atoms with van der Waals surface area (Å²) in [5.41, 5.74) is 0. The lowest BCUT2D eigenvalue weighted by Gasteiger charge is -2.04. The predicted molar refractivity (Wildman–Crippen MR) is 56.2 cm³/mol. The van der Waals surface area contributed by atoms with E-state index in [9.17, 15) is 4.79 Å². The number of hydrogen-bond donors (Lipinski definition) is 1. The van der Waals surface area contributed by atoms with Crippen molar-refractivity contribution in [3.05, 3.63) is 29.3 Å². The van der Waals surface area contributed by atoms with Gasteiger partial charge in [0.1, 0.15) is 5.75 Å². The highest BCUT2D eigenvalue weighted by Gasteiger charge is 2.43. The zero-order valence-corrected chi connectivity index (χ0v) is 8.78. The summed E-state index contributed by atoms with van der Waals surface area (Å²) in [4.78, 5) is 10.6. The molecule has 80 valence electrons. The van der Waals surface area contributed by atoms with E-state index in [2.05, 4.69) is 0 Å². The van der Waals surface area contributed by atoms with Crippen LogP contribution in [0.25, 0.3) is 0 Å². The third kappa shape index (κ3) is 2.63. The van der Waals surface area contributed by atoms with Gasteiger partial charge in [-0.25, -0.2) is 0 Å². The molecule has 1 N–H and O–H groups in total. The smallest absolute Gasteiger partial charge is 0.306 e. The summed E-state index contributed by atoms with van der Waals surface area (Å²) < 4.78 is 5.44. The van der Waals surface area contributed by atoms with Crippen LogP contribution in [-0.2, 0) is 4.79 Å². The van der Waals surface area contributed by atoms with Crippen molar-refractivity contribution in [1.82, 2.24) is 0 Å². The second-order valence-corrected chi connectivity index (χ2v) is 4.14. The minimum absolute atomic E-state index is 0.165. The molecule has 2 atom stereocenters. The highest BCUT2D eigenvalue weighted by molar-refractivity contribution is 6.30. The van der Waals surface area contributed by atoms with Crippen LogP contribution in [0.1, 0.15) is 6.42 Å².